The van der Waals surface area contributed by atoms with E-state index in [0.29, 0.717) is 5.88 Å². The summed E-state index contributed by atoms with van der Waals surface area (Å²) in [6.45, 7) is 5.94. The van der Waals surface area contributed by atoms with Crippen molar-refractivity contribution in [3.05, 3.63) is 0 Å². The van der Waals surface area contributed by atoms with Crippen LogP contribution in [0.3, 0.4) is 0 Å². The summed E-state index contributed by atoms with van der Waals surface area (Å²) >= 11 is 6.94. The van der Waals surface area contributed by atoms with Gasteiger partial charge in [-0.1, -0.05) is 25.6 Å². The third kappa shape index (κ3) is 6.55. The van der Waals surface area contributed by atoms with Crippen molar-refractivity contribution in [2.24, 2.45) is 0 Å². The molecule has 4 heteroatoms. The monoisotopic (exact) mass is 237 g/mol. The SMILES string of the molecule is CCCN(CCC)C(=O)SCCCCl. The zero-order chi connectivity index (χ0) is 10.8. The minimum absolute atomic E-state index is 0.207. The second-order valence-electron chi connectivity index (χ2n) is 3.14. The van der Waals surface area contributed by atoms with Crippen molar-refractivity contribution in [1.29, 1.82) is 0 Å². The summed E-state index contributed by atoms with van der Waals surface area (Å²) in [5.41, 5.74) is 0. The topological polar surface area (TPSA) is 20.3 Å². The molecule has 0 aromatic rings. The van der Waals surface area contributed by atoms with Gasteiger partial charge in [0.05, 0.1) is 0 Å². The molecule has 0 unspecified atom stereocenters. The lowest BCUT2D eigenvalue weighted by Gasteiger charge is -2.20. The Labute approximate surface area is 96.4 Å². The Kier molecular flexibility index (Phi) is 9.73. The summed E-state index contributed by atoms with van der Waals surface area (Å²) in [6, 6.07) is 0. The van der Waals surface area contributed by atoms with Crippen LogP contribution in [0.2, 0.25) is 0 Å². The zero-order valence-corrected chi connectivity index (χ0v) is 10.7. The van der Waals surface area contributed by atoms with Crippen LogP contribution in [0.4, 0.5) is 4.79 Å². The number of halogens is 1. The molecule has 0 aliphatic carbocycles. The number of thioether (sulfide) groups is 1. The van der Waals surface area contributed by atoms with Crippen molar-refractivity contribution in [2.75, 3.05) is 24.7 Å². The molecule has 84 valence electrons. The van der Waals surface area contributed by atoms with Gasteiger partial charge in [0.25, 0.3) is 5.24 Å². The first-order valence-corrected chi connectivity index (χ1v) is 6.75. The zero-order valence-electron chi connectivity index (χ0n) is 9.09. The highest BCUT2D eigenvalue weighted by Gasteiger charge is 2.11. The molecule has 0 N–H and O–H groups in total. The van der Waals surface area contributed by atoms with E-state index in [1.807, 2.05) is 4.90 Å². The van der Waals surface area contributed by atoms with E-state index in [2.05, 4.69) is 13.8 Å². The standard InChI is InChI=1S/C10H20ClNOS/c1-3-7-12(8-4-2)10(13)14-9-5-6-11/h3-9H2,1-2H3. The molecule has 0 fully saturated rings. The average molecular weight is 238 g/mol. The van der Waals surface area contributed by atoms with Crippen LogP contribution in [0, 0.1) is 0 Å². The van der Waals surface area contributed by atoms with E-state index in [9.17, 15) is 4.79 Å². The second-order valence-corrected chi connectivity index (χ2v) is 4.57. The third-order valence-electron chi connectivity index (χ3n) is 1.75. The van der Waals surface area contributed by atoms with E-state index in [-0.39, 0.29) is 5.24 Å². The lowest BCUT2D eigenvalue weighted by molar-refractivity contribution is 0.223. The van der Waals surface area contributed by atoms with Crippen molar-refractivity contribution in [3.63, 3.8) is 0 Å². The first kappa shape index (κ1) is 14.1. The van der Waals surface area contributed by atoms with Gasteiger partial charge in [-0.05, 0) is 19.3 Å². The van der Waals surface area contributed by atoms with Gasteiger partial charge in [-0.3, -0.25) is 4.79 Å². The lowest BCUT2D eigenvalue weighted by atomic mass is 10.4. The van der Waals surface area contributed by atoms with Crippen LogP contribution < -0.4 is 0 Å². The van der Waals surface area contributed by atoms with Crippen LogP contribution >= 0.6 is 23.4 Å². The quantitative estimate of drug-likeness (QED) is 0.498. The largest absolute Gasteiger partial charge is 0.334 e. The molecule has 14 heavy (non-hydrogen) atoms. The minimum Gasteiger partial charge on any atom is -0.334 e. The van der Waals surface area contributed by atoms with Gasteiger partial charge in [0.1, 0.15) is 0 Å². The van der Waals surface area contributed by atoms with Gasteiger partial charge in [-0.15, -0.1) is 11.6 Å². The van der Waals surface area contributed by atoms with E-state index in [4.69, 9.17) is 11.6 Å². The number of amides is 1. The van der Waals surface area contributed by atoms with Crippen molar-refractivity contribution in [3.8, 4) is 0 Å². The van der Waals surface area contributed by atoms with Crippen molar-refractivity contribution in [2.45, 2.75) is 33.1 Å². The van der Waals surface area contributed by atoms with Gasteiger partial charge in [-0.25, -0.2) is 0 Å². The molecule has 2 nitrogen and oxygen atoms in total. The van der Waals surface area contributed by atoms with Crippen molar-refractivity contribution >= 4 is 28.6 Å². The summed E-state index contributed by atoms with van der Waals surface area (Å²) in [5, 5.41) is 0.207. The van der Waals surface area contributed by atoms with Crippen LogP contribution in [0.25, 0.3) is 0 Å². The van der Waals surface area contributed by atoms with Crippen LogP contribution in [0.1, 0.15) is 33.1 Å². The number of hydrogen-bond donors (Lipinski definition) is 0. The second kappa shape index (κ2) is 9.66. The van der Waals surface area contributed by atoms with E-state index >= 15 is 0 Å². The molecule has 0 radical (unpaired) electrons. The maximum absolute atomic E-state index is 11.6. The Morgan fingerprint density at radius 2 is 1.86 bits per heavy atom. The maximum Gasteiger partial charge on any atom is 0.281 e. The van der Waals surface area contributed by atoms with Gasteiger partial charge >= 0.3 is 0 Å². The Bertz CT molecular complexity index is 149. The predicted molar refractivity (Wildman–Crippen MR) is 65.3 cm³/mol. The fraction of sp³-hybridized carbons (Fsp3) is 0.900. The van der Waals surface area contributed by atoms with E-state index in [0.717, 1.165) is 38.1 Å². The van der Waals surface area contributed by atoms with Gasteiger partial charge in [0.2, 0.25) is 0 Å². The van der Waals surface area contributed by atoms with Crippen LogP contribution in [-0.2, 0) is 0 Å². The Morgan fingerprint density at radius 1 is 1.29 bits per heavy atom. The first-order chi connectivity index (χ1) is 6.76. The summed E-state index contributed by atoms with van der Waals surface area (Å²) in [5.74, 6) is 1.48. The fourth-order valence-corrected chi connectivity index (χ4v) is 2.26. The molecule has 0 aliphatic heterocycles. The Hall–Kier alpha value is 0.110. The molecule has 0 aromatic heterocycles. The van der Waals surface area contributed by atoms with Crippen LogP contribution in [0.5, 0.6) is 0 Å². The molecule has 0 spiro atoms. The highest BCUT2D eigenvalue weighted by Crippen LogP contribution is 2.11. The Balaban J connectivity index is 3.76. The van der Waals surface area contributed by atoms with Gasteiger partial charge in [0.15, 0.2) is 0 Å². The molecule has 0 aliphatic rings. The molecule has 0 rings (SSSR count). The molecular weight excluding hydrogens is 218 g/mol. The molecule has 0 atom stereocenters. The fourth-order valence-electron chi connectivity index (χ4n) is 1.14. The molecule has 0 heterocycles. The molecule has 0 saturated carbocycles. The van der Waals surface area contributed by atoms with E-state index in [1.54, 1.807) is 0 Å². The van der Waals surface area contributed by atoms with Gasteiger partial charge < -0.3 is 4.90 Å². The van der Waals surface area contributed by atoms with Gasteiger partial charge in [0, 0.05) is 24.7 Å². The highest BCUT2D eigenvalue weighted by atomic mass is 35.5. The summed E-state index contributed by atoms with van der Waals surface area (Å²) < 4.78 is 0. The third-order valence-corrected chi connectivity index (χ3v) is 3.01. The molecular formula is C10H20ClNOS. The van der Waals surface area contributed by atoms with Crippen molar-refractivity contribution in [1.82, 2.24) is 4.90 Å². The maximum atomic E-state index is 11.6. The number of carbonyl (C=O) groups excluding carboxylic acids is 1. The Morgan fingerprint density at radius 3 is 2.29 bits per heavy atom. The van der Waals surface area contributed by atoms with Gasteiger partial charge in [-0.2, -0.15) is 0 Å². The number of carbonyl (C=O) groups is 1. The molecule has 1 amide bonds. The lowest BCUT2D eigenvalue weighted by Crippen LogP contribution is -2.29. The molecule has 0 bridgehead atoms. The average Bonchev–Trinajstić information content (AvgIpc) is 2.18. The smallest absolute Gasteiger partial charge is 0.281 e. The van der Waals surface area contributed by atoms with Crippen LogP contribution in [0.15, 0.2) is 0 Å². The summed E-state index contributed by atoms with van der Waals surface area (Å²) in [6.07, 6.45) is 2.97. The highest BCUT2D eigenvalue weighted by molar-refractivity contribution is 8.13. The minimum atomic E-state index is 0.207. The van der Waals surface area contributed by atoms with Crippen LogP contribution in [-0.4, -0.2) is 34.9 Å². The number of rotatable bonds is 7. The number of alkyl halides is 1. The normalized spacial score (nSPS) is 10.2. The molecule has 0 aromatic carbocycles. The summed E-state index contributed by atoms with van der Waals surface area (Å²) in [7, 11) is 0. The van der Waals surface area contributed by atoms with E-state index < -0.39 is 0 Å². The van der Waals surface area contributed by atoms with E-state index in [1.165, 1.54) is 11.8 Å². The summed E-state index contributed by atoms with van der Waals surface area (Å²) in [4.78, 5) is 13.6. The number of hydrogen-bond acceptors (Lipinski definition) is 2. The first-order valence-electron chi connectivity index (χ1n) is 5.23. The predicted octanol–water partition coefficient (Wildman–Crippen LogP) is 3.59. The number of nitrogens with zero attached hydrogens (tertiary/aromatic N) is 1. The van der Waals surface area contributed by atoms with Crippen molar-refractivity contribution < 1.29 is 4.79 Å². The molecule has 0 saturated heterocycles.